The summed E-state index contributed by atoms with van der Waals surface area (Å²) in [5, 5.41) is 0. The minimum atomic E-state index is -1.58. The molecule has 1 aromatic rings. The van der Waals surface area contributed by atoms with E-state index in [1.165, 1.54) is 39.5 Å². The summed E-state index contributed by atoms with van der Waals surface area (Å²) in [6.45, 7) is 16.0. The lowest BCUT2D eigenvalue weighted by Crippen LogP contribution is -2.54. The molecule has 0 saturated carbocycles. The maximum Gasteiger partial charge on any atom is 0.347 e. The van der Waals surface area contributed by atoms with Crippen molar-refractivity contribution >= 4 is 65.2 Å². The van der Waals surface area contributed by atoms with Gasteiger partial charge in [-0.2, -0.15) is 4.37 Å². The van der Waals surface area contributed by atoms with Gasteiger partial charge in [0.15, 0.2) is 42.7 Å². The molecule has 57 heavy (non-hydrogen) atoms. The van der Waals surface area contributed by atoms with Crippen LogP contribution in [0.1, 0.15) is 76.2 Å². The van der Waals surface area contributed by atoms with Gasteiger partial charge in [-0.3, -0.25) is 14.4 Å². The van der Waals surface area contributed by atoms with Crippen LogP contribution in [0.15, 0.2) is 0 Å². The maximum atomic E-state index is 13.8. The summed E-state index contributed by atoms with van der Waals surface area (Å²) in [6.07, 6.45) is -9.84. The standard InChI is InChI=1S/C35H52N4O17S/c1-18(52-30(43)19(2)50-24(7)40)29(42)39(35(9,10)11)16-26(17-49-28-27(36-57-37-28)38-12-14-48-15-13-38)56-34(47)23(6)55-33(46)22(5)54-32(45)21(4)53-31(44)20(3)51-25(8)41/h18-23,26H,12-17H2,1-11H3/t18-,19-,20-,21-,22-,23-,26-/m0/s1. The lowest BCUT2D eigenvalue weighted by Gasteiger charge is -2.39. The molecule has 1 saturated heterocycles. The molecule has 320 valence electrons. The van der Waals surface area contributed by atoms with E-state index in [2.05, 4.69) is 8.75 Å². The number of anilines is 1. The van der Waals surface area contributed by atoms with Gasteiger partial charge in [0.2, 0.25) is 5.82 Å². The first-order valence-corrected chi connectivity index (χ1v) is 18.7. The van der Waals surface area contributed by atoms with Crippen LogP contribution in [-0.2, 0) is 76.3 Å². The summed E-state index contributed by atoms with van der Waals surface area (Å²) in [4.78, 5) is 103. The Balaban J connectivity index is 2.22. The molecule has 7 atom stereocenters. The summed E-state index contributed by atoms with van der Waals surface area (Å²) in [7, 11) is 0. The predicted molar refractivity (Wildman–Crippen MR) is 194 cm³/mol. The van der Waals surface area contributed by atoms with E-state index >= 15 is 0 Å². The quantitative estimate of drug-likeness (QED) is 0.139. The number of ether oxygens (including phenoxy) is 9. The van der Waals surface area contributed by atoms with Crippen molar-refractivity contribution in [2.75, 3.05) is 44.4 Å². The Morgan fingerprint density at radius 3 is 1.47 bits per heavy atom. The summed E-state index contributed by atoms with van der Waals surface area (Å²) in [5.74, 6) is -6.92. The molecule has 0 aromatic carbocycles. The van der Waals surface area contributed by atoms with Crippen molar-refractivity contribution in [3.8, 4) is 5.88 Å². The molecule has 1 fully saturated rings. The predicted octanol–water partition coefficient (Wildman–Crippen LogP) is 0.922. The molecule has 1 amide bonds. The average molecular weight is 833 g/mol. The van der Waals surface area contributed by atoms with E-state index in [0.29, 0.717) is 32.1 Å². The second-order valence-electron chi connectivity index (χ2n) is 13.8. The summed E-state index contributed by atoms with van der Waals surface area (Å²) in [6, 6.07) is 0. The monoisotopic (exact) mass is 832 g/mol. The fraction of sp³-hybridized carbons (Fsp3) is 0.714. The molecule has 21 nitrogen and oxygen atoms in total. The number of aromatic nitrogens is 2. The largest absolute Gasteiger partial charge is 0.470 e. The summed E-state index contributed by atoms with van der Waals surface area (Å²) in [5.41, 5.74) is -0.952. The van der Waals surface area contributed by atoms with E-state index in [1.807, 2.05) is 4.90 Å². The van der Waals surface area contributed by atoms with Crippen LogP contribution in [0.25, 0.3) is 0 Å². The molecule has 1 aromatic heterocycles. The van der Waals surface area contributed by atoms with E-state index < -0.39 is 96.0 Å². The van der Waals surface area contributed by atoms with Gasteiger partial charge in [0.05, 0.1) is 31.5 Å². The Labute approximate surface area is 334 Å². The first kappa shape index (κ1) is 48.0. The molecule has 0 bridgehead atoms. The summed E-state index contributed by atoms with van der Waals surface area (Å²) < 4.78 is 55.7. The van der Waals surface area contributed by atoms with E-state index in [-0.39, 0.29) is 19.0 Å². The van der Waals surface area contributed by atoms with Crippen molar-refractivity contribution in [2.24, 2.45) is 0 Å². The highest BCUT2D eigenvalue weighted by Gasteiger charge is 2.37. The SMILES string of the molecule is CC(=O)O[C@@H](C)C(=O)O[C@@H](C)C(=O)O[C@@H](C)C(=O)O[C@@H](C)C(=O)O[C@H](COc1nsnc1N1CCOCC1)CN(C(=O)[C@H](C)OC(=O)[C@H](C)OC(C)=O)C(C)(C)C. The van der Waals surface area contributed by atoms with Crippen molar-refractivity contribution in [2.45, 2.75) is 124 Å². The van der Waals surface area contributed by atoms with E-state index in [9.17, 15) is 38.4 Å². The Bertz CT molecular complexity index is 1590. The fourth-order valence-corrected chi connectivity index (χ4v) is 5.30. The molecule has 1 aliphatic heterocycles. The molecular weight excluding hydrogens is 780 g/mol. The van der Waals surface area contributed by atoms with E-state index in [0.717, 1.165) is 32.5 Å². The van der Waals surface area contributed by atoms with Crippen molar-refractivity contribution in [3.05, 3.63) is 0 Å². The Hall–Kier alpha value is -5.12. The normalized spacial score (nSPS) is 16.5. The van der Waals surface area contributed by atoms with Gasteiger partial charge in [0, 0.05) is 32.5 Å². The number of carbonyl (C=O) groups is 8. The molecule has 0 unspecified atom stereocenters. The first-order chi connectivity index (χ1) is 26.5. The first-order valence-electron chi connectivity index (χ1n) is 18.0. The van der Waals surface area contributed by atoms with Crippen LogP contribution in [0, 0.1) is 0 Å². The van der Waals surface area contributed by atoms with Gasteiger partial charge < -0.3 is 52.4 Å². The van der Waals surface area contributed by atoms with E-state index in [4.69, 9.17) is 42.6 Å². The highest BCUT2D eigenvalue weighted by Crippen LogP contribution is 2.27. The summed E-state index contributed by atoms with van der Waals surface area (Å²) >= 11 is 0.895. The van der Waals surface area contributed by atoms with Crippen molar-refractivity contribution < 1.29 is 81.0 Å². The number of carbonyl (C=O) groups excluding carboxylic acids is 8. The van der Waals surface area contributed by atoms with Crippen LogP contribution in [0.5, 0.6) is 5.88 Å². The number of nitrogens with zero attached hydrogens (tertiary/aromatic N) is 4. The lowest BCUT2D eigenvalue weighted by atomic mass is 10.0. The minimum absolute atomic E-state index is 0.134. The third-order valence-electron chi connectivity index (χ3n) is 7.77. The van der Waals surface area contributed by atoms with Crippen LogP contribution >= 0.6 is 11.7 Å². The third-order valence-corrected chi connectivity index (χ3v) is 8.27. The number of hydrogen-bond acceptors (Lipinski definition) is 21. The lowest BCUT2D eigenvalue weighted by molar-refractivity contribution is -0.186. The number of morpholine rings is 1. The van der Waals surface area contributed by atoms with Crippen LogP contribution in [0.2, 0.25) is 0 Å². The van der Waals surface area contributed by atoms with Crippen LogP contribution in [0.4, 0.5) is 5.82 Å². The minimum Gasteiger partial charge on any atom is -0.470 e. The van der Waals surface area contributed by atoms with Gasteiger partial charge in [0.25, 0.3) is 11.8 Å². The van der Waals surface area contributed by atoms with Crippen molar-refractivity contribution in [3.63, 3.8) is 0 Å². The highest BCUT2D eigenvalue weighted by molar-refractivity contribution is 6.99. The Morgan fingerprint density at radius 2 is 1.05 bits per heavy atom. The van der Waals surface area contributed by atoms with Crippen molar-refractivity contribution in [1.29, 1.82) is 0 Å². The Morgan fingerprint density at radius 1 is 0.649 bits per heavy atom. The second kappa shape index (κ2) is 22.0. The van der Waals surface area contributed by atoms with Gasteiger partial charge in [-0.15, -0.1) is 4.37 Å². The van der Waals surface area contributed by atoms with Crippen LogP contribution < -0.4 is 9.64 Å². The number of hydrogen-bond donors (Lipinski definition) is 0. The van der Waals surface area contributed by atoms with Crippen LogP contribution in [0.3, 0.4) is 0 Å². The molecule has 1 aliphatic rings. The average Bonchev–Trinajstić information content (AvgIpc) is 3.60. The third kappa shape index (κ3) is 15.7. The molecule has 0 aliphatic carbocycles. The van der Waals surface area contributed by atoms with Gasteiger partial charge in [-0.25, -0.2) is 24.0 Å². The molecule has 22 heteroatoms. The number of amides is 1. The zero-order valence-electron chi connectivity index (χ0n) is 33.9. The molecule has 2 heterocycles. The zero-order chi connectivity index (χ0) is 43.2. The number of esters is 7. The second-order valence-corrected chi connectivity index (χ2v) is 14.3. The molecule has 0 radical (unpaired) electrons. The smallest absolute Gasteiger partial charge is 0.347 e. The molecule has 2 rings (SSSR count). The molecule has 0 N–H and O–H groups in total. The topological polar surface area (TPSA) is 252 Å². The number of rotatable bonds is 19. The van der Waals surface area contributed by atoms with Gasteiger partial charge >= 0.3 is 41.8 Å². The molecule has 0 spiro atoms. The Kier molecular flexibility index (Phi) is 18.5. The van der Waals surface area contributed by atoms with Crippen LogP contribution in [-0.4, -0.2) is 149 Å². The molecular formula is C35H52N4O17S. The van der Waals surface area contributed by atoms with Gasteiger partial charge in [-0.05, 0) is 62.3 Å². The van der Waals surface area contributed by atoms with Gasteiger partial charge in [0.1, 0.15) is 6.61 Å². The fourth-order valence-electron chi connectivity index (χ4n) is 4.78. The van der Waals surface area contributed by atoms with E-state index in [1.54, 1.807) is 20.8 Å². The van der Waals surface area contributed by atoms with Gasteiger partial charge in [-0.1, -0.05) is 0 Å². The van der Waals surface area contributed by atoms with Crippen molar-refractivity contribution in [1.82, 2.24) is 13.6 Å². The highest BCUT2D eigenvalue weighted by atomic mass is 32.1. The zero-order valence-corrected chi connectivity index (χ0v) is 34.7. The maximum absolute atomic E-state index is 13.8.